The van der Waals surface area contributed by atoms with Crippen LogP contribution in [0, 0.1) is 19.7 Å². The van der Waals surface area contributed by atoms with E-state index in [1.54, 1.807) is 19.1 Å². The summed E-state index contributed by atoms with van der Waals surface area (Å²) in [6.07, 6.45) is 0. The summed E-state index contributed by atoms with van der Waals surface area (Å²) in [5, 5.41) is 0. The summed E-state index contributed by atoms with van der Waals surface area (Å²) < 4.78 is 40.8. The molecular formula is C13H13BrFN3O2S. The van der Waals surface area contributed by atoms with E-state index in [9.17, 15) is 12.8 Å². The Balaban J connectivity index is 2.48. The maximum atomic E-state index is 14.0. The van der Waals surface area contributed by atoms with E-state index >= 15 is 0 Å². The van der Waals surface area contributed by atoms with Gasteiger partial charge in [0.1, 0.15) is 10.7 Å². The molecule has 0 fully saturated rings. The second-order valence-corrected chi connectivity index (χ2v) is 7.10. The van der Waals surface area contributed by atoms with Gasteiger partial charge in [0, 0.05) is 11.4 Å². The number of nitrogens with zero attached hydrogens (tertiary/aromatic N) is 1. The summed E-state index contributed by atoms with van der Waals surface area (Å²) in [4.78, 5) is 3.53. The first-order chi connectivity index (χ1) is 9.69. The predicted molar refractivity (Wildman–Crippen MR) is 83.0 cm³/mol. The van der Waals surface area contributed by atoms with E-state index in [1.165, 1.54) is 6.07 Å². The zero-order valence-corrected chi connectivity index (χ0v) is 13.7. The van der Waals surface area contributed by atoms with Crippen molar-refractivity contribution in [3.05, 3.63) is 45.8 Å². The number of aromatic nitrogens is 1. The normalized spacial score (nSPS) is 11.4. The average molecular weight is 374 g/mol. The van der Waals surface area contributed by atoms with E-state index in [0.29, 0.717) is 5.69 Å². The molecular weight excluding hydrogens is 361 g/mol. The number of anilines is 2. The number of hydrogen-bond donors (Lipinski definition) is 2. The molecule has 2 rings (SSSR count). The number of nitrogens with one attached hydrogen (secondary N) is 1. The third-order valence-corrected chi connectivity index (χ3v) is 4.57. The van der Waals surface area contributed by atoms with Crippen molar-refractivity contribution in [1.82, 2.24) is 4.98 Å². The number of halogens is 2. The van der Waals surface area contributed by atoms with Crippen LogP contribution in [-0.4, -0.2) is 13.4 Å². The van der Waals surface area contributed by atoms with Crippen LogP contribution in [0.5, 0.6) is 0 Å². The third-order valence-electron chi connectivity index (χ3n) is 2.64. The number of benzene rings is 1. The zero-order valence-electron chi connectivity index (χ0n) is 11.3. The largest absolute Gasteiger partial charge is 0.399 e. The van der Waals surface area contributed by atoms with Gasteiger partial charge in [0.15, 0.2) is 5.82 Å². The van der Waals surface area contributed by atoms with Crippen molar-refractivity contribution in [2.45, 2.75) is 18.7 Å². The van der Waals surface area contributed by atoms with Gasteiger partial charge in [-0.2, -0.15) is 0 Å². The maximum absolute atomic E-state index is 14.0. The lowest BCUT2D eigenvalue weighted by atomic mass is 10.2. The lowest BCUT2D eigenvalue weighted by molar-refractivity contribution is 0.566. The number of nitrogens with two attached hydrogens (primary N) is 1. The van der Waals surface area contributed by atoms with Gasteiger partial charge >= 0.3 is 0 Å². The van der Waals surface area contributed by atoms with E-state index in [0.717, 1.165) is 11.6 Å². The fraction of sp³-hybridized carbons (Fsp3) is 0.154. The number of aryl methyl sites for hydroxylation is 2. The Morgan fingerprint density at radius 1 is 1.24 bits per heavy atom. The molecule has 2 aromatic rings. The van der Waals surface area contributed by atoms with E-state index in [1.807, 2.05) is 6.92 Å². The standard InChI is InChI=1S/C13H13BrFN3O2S/c1-7-3-8(2)17-12(4-7)18-21(19,20)11-6-9(16)5-10(14)13(11)15/h3-6H,16H2,1-2H3,(H,17,18). The highest BCUT2D eigenvalue weighted by molar-refractivity contribution is 9.10. The molecule has 0 saturated carbocycles. The van der Waals surface area contributed by atoms with Gasteiger partial charge < -0.3 is 5.73 Å². The van der Waals surface area contributed by atoms with Crippen molar-refractivity contribution in [3.63, 3.8) is 0 Å². The second kappa shape index (κ2) is 5.61. The monoisotopic (exact) mass is 373 g/mol. The first-order valence-electron chi connectivity index (χ1n) is 5.91. The molecule has 0 unspecified atom stereocenters. The Morgan fingerprint density at radius 2 is 1.90 bits per heavy atom. The van der Waals surface area contributed by atoms with Crippen LogP contribution in [0.2, 0.25) is 0 Å². The quantitative estimate of drug-likeness (QED) is 0.809. The van der Waals surface area contributed by atoms with Gasteiger partial charge in [-0.3, -0.25) is 4.72 Å². The molecule has 0 aliphatic rings. The molecule has 3 N–H and O–H groups in total. The summed E-state index contributed by atoms with van der Waals surface area (Å²) in [5.41, 5.74) is 7.19. The number of sulfonamides is 1. The van der Waals surface area contributed by atoms with Crippen molar-refractivity contribution >= 4 is 37.5 Å². The molecule has 1 heterocycles. The number of nitrogen functional groups attached to an aromatic ring is 1. The molecule has 8 heteroatoms. The lowest BCUT2D eigenvalue weighted by Gasteiger charge is -2.11. The fourth-order valence-corrected chi connectivity index (χ4v) is 3.60. The minimum Gasteiger partial charge on any atom is -0.399 e. The molecule has 5 nitrogen and oxygen atoms in total. The van der Waals surface area contributed by atoms with E-state index in [2.05, 4.69) is 25.6 Å². The Bertz CT molecular complexity index is 789. The van der Waals surface area contributed by atoms with E-state index in [4.69, 9.17) is 5.73 Å². The molecule has 0 aliphatic carbocycles. The zero-order chi connectivity index (χ0) is 15.8. The van der Waals surface area contributed by atoms with Crippen LogP contribution in [0.15, 0.2) is 33.6 Å². The highest BCUT2D eigenvalue weighted by Gasteiger charge is 2.22. The molecule has 21 heavy (non-hydrogen) atoms. The molecule has 0 saturated heterocycles. The third kappa shape index (κ3) is 3.51. The molecule has 0 aliphatic heterocycles. The van der Waals surface area contributed by atoms with Crippen molar-refractivity contribution in [2.24, 2.45) is 0 Å². The van der Waals surface area contributed by atoms with Gasteiger partial charge in [0.25, 0.3) is 10.0 Å². The molecule has 1 aromatic carbocycles. The minimum absolute atomic E-state index is 0.0174. The summed E-state index contributed by atoms with van der Waals surface area (Å²) in [7, 11) is -4.12. The van der Waals surface area contributed by atoms with Crippen LogP contribution in [0.1, 0.15) is 11.3 Å². The molecule has 0 bridgehead atoms. The van der Waals surface area contributed by atoms with Gasteiger partial charge in [-0.05, 0) is 59.6 Å². The van der Waals surface area contributed by atoms with Crippen LogP contribution < -0.4 is 10.5 Å². The highest BCUT2D eigenvalue weighted by atomic mass is 79.9. The van der Waals surface area contributed by atoms with Crippen LogP contribution in [0.25, 0.3) is 0 Å². The lowest BCUT2D eigenvalue weighted by Crippen LogP contribution is -2.16. The van der Waals surface area contributed by atoms with Gasteiger partial charge in [0.2, 0.25) is 0 Å². The van der Waals surface area contributed by atoms with Crippen LogP contribution in [0.3, 0.4) is 0 Å². The van der Waals surface area contributed by atoms with Crippen LogP contribution >= 0.6 is 15.9 Å². The van der Waals surface area contributed by atoms with Gasteiger partial charge in [0.05, 0.1) is 4.47 Å². The van der Waals surface area contributed by atoms with Gasteiger partial charge in [-0.1, -0.05) is 0 Å². The maximum Gasteiger partial charge on any atom is 0.266 e. The summed E-state index contributed by atoms with van der Waals surface area (Å²) in [5.74, 6) is -0.772. The van der Waals surface area contributed by atoms with Crippen LogP contribution in [0.4, 0.5) is 15.9 Å². The average Bonchev–Trinajstić information content (AvgIpc) is 2.31. The fourth-order valence-electron chi connectivity index (χ4n) is 1.87. The molecule has 0 amide bonds. The van der Waals surface area contributed by atoms with Crippen LogP contribution in [-0.2, 0) is 10.0 Å². The summed E-state index contributed by atoms with van der Waals surface area (Å²) >= 11 is 2.94. The first-order valence-corrected chi connectivity index (χ1v) is 8.19. The Hall–Kier alpha value is -1.67. The smallest absolute Gasteiger partial charge is 0.266 e. The second-order valence-electron chi connectivity index (χ2n) is 4.59. The SMILES string of the molecule is Cc1cc(C)nc(NS(=O)(=O)c2cc(N)cc(Br)c2F)c1. The molecule has 0 atom stereocenters. The topological polar surface area (TPSA) is 85.1 Å². The van der Waals surface area contributed by atoms with E-state index in [-0.39, 0.29) is 16.0 Å². The molecule has 112 valence electrons. The van der Waals surface area contributed by atoms with Crippen molar-refractivity contribution in [2.75, 3.05) is 10.5 Å². The van der Waals surface area contributed by atoms with Crippen molar-refractivity contribution < 1.29 is 12.8 Å². The van der Waals surface area contributed by atoms with Crippen molar-refractivity contribution in [1.29, 1.82) is 0 Å². The number of pyridine rings is 1. The summed E-state index contributed by atoms with van der Waals surface area (Å²) in [6, 6.07) is 5.72. The Labute approximate surface area is 130 Å². The number of rotatable bonds is 3. The predicted octanol–water partition coefficient (Wildman–Crippen LogP) is 2.98. The van der Waals surface area contributed by atoms with E-state index < -0.39 is 20.7 Å². The molecule has 1 aromatic heterocycles. The minimum atomic E-state index is -4.12. The molecule has 0 radical (unpaired) electrons. The Morgan fingerprint density at radius 3 is 2.52 bits per heavy atom. The van der Waals surface area contributed by atoms with Gasteiger partial charge in [-0.15, -0.1) is 0 Å². The Kier molecular flexibility index (Phi) is 4.20. The highest BCUT2D eigenvalue weighted by Crippen LogP contribution is 2.27. The summed E-state index contributed by atoms with van der Waals surface area (Å²) in [6.45, 7) is 3.55. The first kappa shape index (κ1) is 15.7. The van der Waals surface area contributed by atoms with Gasteiger partial charge in [-0.25, -0.2) is 17.8 Å². The van der Waals surface area contributed by atoms with Crippen molar-refractivity contribution in [3.8, 4) is 0 Å². The molecule has 0 spiro atoms. The number of hydrogen-bond acceptors (Lipinski definition) is 4.